The highest BCUT2D eigenvalue weighted by molar-refractivity contribution is 9.10. The topological polar surface area (TPSA) is 21.3 Å². The van der Waals surface area contributed by atoms with Gasteiger partial charge < -0.3 is 10.1 Å². The second-order valence-electron chi connectivity index (χ2n) is 6.06. The lowest BCUT2D eigenvalue weighted by Crippen LogP contribution is -2.04. The van der Waals surface area contributed by atoms with Crippen LogP contribution in [-0.4, -0.2) is 0 Å². The van der Waals surface area contributed by atoms with Crippen molar-refractivity contribution in [2.45, 2.75) is 20.1 Å². The summed E-state index contributed by atoms with van der Waals surface area (Å²) < 4.78 is 6.99. The van der Waals surface area contributed by atoms with Crippen molar-refractivity contribution in [3.63, 3.8) is 0 Å². The Bertz CT molecular complexity index is 942. The van der Waals surface area contributed by atoms with Gasteiger partial charge in [-0.05, 0) is 55.0 Å². The SMILES string of the molecule is Cc1ccc(NCc2cc(Br)ccc2OCc2c(Cl)cccc2Cl)cc1Cl. The van der Waals surface area contributed by atoms with Gasteiger partial charge >= 0.3 is 0 Å². The molecular formula is C21H17BrCl3NO. The summed E-state index contributed by atoms with van der Waals surface area (Å²) in [6.07, 6.45) is 0. The van der Waals surface area contributed by atoms with Gasteiger partial charge in [0.1, 0.15) is 12.4 Å². The summed E-state index contributed by atoms with van der Waals surface area (Å²) in [4.78, 5) is 0. The normalized spacial score (nSPS) is 10.7. The Morgan fingerprint density at radius 1 is 0.926 bits per heavy atom. The van der Waals surface area contributed by atoms with Crippen LogP contribution in [0.5, 0.6) is 5.75 Å². The molecule has 0 aliphatic heterocycles. The van der Waals surface area contributed by atoms with Crippen molar-refractivity contribution >= 4 is 56.4 Å². The zero-order valence-corrected chi connectivity index (χ0v) is 18.4. The molecule has 0 aliphatic carbocycles. The lowest BCUT2D eigenvalue weighted by molar-refractivity contribution is 0.303. The number of ether oxygens (including phenoxy) is 1. The van der Waals surface area contributed by atoms with E-state index in [-0.39, 0.29) is 0 Å². The average Bonchev–Trinajstić information content (AvgIpc) is 2.63. The first-order valence-corrected chi connectivity index (χ1v) is 10.2. The maximum atomic E-state index is 6.23. The van der Waals surface area contributed by atoms with Crippen LogP contribution in [0.3, 0.4) is 0 Å². The molecule has 27 heavy (non-hydrogen) atoms. The Hall–Kier alpha value is -1.39. The van der Waals surface area contributed by atoms with Gasteiger partial charge in [0.25, 0.3) is 0 Å². The number of halogens is 4. The first kappa shape index (κ1) is 20.3. The third-order valence-electron chi connectivity index (χ3n) is 4.11. The van der Waals surface area contributed by atoms with E-state index in [1.807, 2.05) is 49.4 Å². The lowest BCUT2D eigenvalue weighted by atomic mass is 10.1. The van der Waals surface area contributed by atoms with Crippen LogP contribution < -0.4 is 10.1 Å². The highest BCUT2D eigenvalue weighted by Crippen LogP contribution is 2.29. The number of rotatable bonds is 6. The van der Waals surface area contributed by atoms with E-state index in [0.717, 1.165) is 37.6 Å². The quantitative estimate of drug-likeness (QED) is 0.383. The fourth-order valence-electron chi connectivity index (χ4n) is 2.55. The summed E-state index contributed by atoms with van der Waals surface area (Å²) >= 11 is 22.2. The summed E-state index contributed by atoms with van der Waals surface area (Å²) in [7, 11) is 0. The molecule has 0 unspecified atom stereocenters. The van der Waals surface area contributed by atoms with Crippen LogP contribution in [0.1, 0.15) is 16.7 Å². The third-order valence-corrected chi connectivity index (χ3v) is 5.72. The molecular weight excluding hydrogens is 469 g/mol. The van der Waals surface area contributed by atoms with Gasteiger partial charge in [-0.2, -0.15) is 0 Å². The van der Waals surface area contributed by atoms with Crippen LogP contribution in [-0.2, 0) is 13.2 Å². The number of hydrogen-bond acceptors (Lipinski definition) is 2. The number of benzene rings is 3. The number of hydrogen-bond donors (Lipinski definition) is 1. The Morgan fingerprint density at radius 3 is 2.37 bits per heavy atom. The predicted molar refractivity (Wildman–Crippen MR) is 118 cm³/mol. The third kappa shape index (κ3) is 5.32. The number of nitrogens with one attached hydrogen (secondary N) is 1. The van der Waals surface area contributed by atoms with E-state index in [4.69, 9.17) is 39.5 Å². The van der Waals surface area contributed by atoms with Gasteiger partial charge in [-0.1, -0.05) is 62.9 Å². The van der Waals surface area contributed by atoms with E-state index >= 15 is 0 Å². The summed E-state index contributed by atoms with van der Waals surface area (Å²) in [5, 5.41) is 5.30. The van der Waals surface area contributed by atoms with Gasteiger partial charge in [-0.25, -0.2) is 0 Å². The molecule has 0 bridgehead atoms. The molecule has 140 valence electrons. The Labute approximate surface area is 182 Å². The molecule has 3 aromatic carbocycles. The maximum Gasteiger partial charge on any atom is 0.124 e. The summed E-state index contributed by atoms with van der Waals surface area (Å²) in [5.41, 5.74) is 3.77. The fourth-order valence-corrected chi connectivity index (χ4v) is 3.64. The Morgan fingerprint density at radius 2 is 1.67 bits per heavy atom. The summed E-state index contributed by atoms with van der Waals surface area (Å²) in [6.45, 7) is 2.86. The van der Waals surface area contributed by atoms with E-state index < -0.39 is 0 Å². The molecule has 0 spiro atoms. The van der Waals surface area contributed by atoms with Gasteiger partial charge in [0, 0.05) is 42.9 Å². The fraction of sp³-hybridized carbons (Fsp3) is 0.143. The van der Waals surface area contributed by atoms with Crippen molar-refractivity contribution in [3.8, 4) is 5.75 Å². The molecule has 2 nitrogen and oxygen atoms in total. The van der Waals surface area contributed by atoms with Gasteiger partial charge in [-0.3, -0.25) is 0 Å². The highest BCUT2D eigenvalue weighted by Gasteiger charge is 2.10. The smallest absolute Gasteiger partial charge is 0.124 e. The molecule has 0 fully saturated rings. The molecule has 0 aliphatic rings. The molecule has 0 heterocycles. The van der Waals surface area contributed by atoms with Crippen molar-refractivity contribution in [2.24, 2.45) is 0 Å². The monoisotopic (exact) mass is 483 g/mol. The van der Waals surface area contributed by atoms with Crippen molar-refractivity contribution in [1.82, 2.24) is 0 Å². The molecule has 0 saturated carbocycles. The van der Waals surface area contributed by atoms with E-state index in [0.29, 0.717) is 23.2 Å². The first-order chi connectivity index (χ1) is 12.9. The van der Waals surface area contributed by atoms with Crippen LogP contribution in [0.2, 0.25) is 15.1 Å². The van der Waals surface area contributed by atoms with Gasteiger partial charge in [-0.15, -0.1) is 0 Å². The number of anilines is 1. The second-order valence-corrected chi connectivity index (χ2v) is 8.20. The summed E-state index contributed by atoms with van der Waals surface area (Å²) in [5.74, 6) is 0.764. The van der Waals surface area contributed by atoms with Crippen molar-refractivity contribution in [1.29, 1.82) is 0 Å². The zero-order valence-electron chi connectivity index (χ0n) is 14.5. The Balaban J connectivity index is 1.75. The molecule has 6 heteroatoms. The molecule has 0 atom stereocenters. The molecule has 3 aromatic rings. The molecule has 0 radical (unpaired) electrons. The zero-order chi connectivity index (χ0) is 19.4. The number of aryl methyl sites for hydroxylation is 1. The van der Waals surface area contributed by atoms with E-state index in [1.54, 1.807) is 12.1 Å². The molecule has 0 saturated heterocycles. The maximum absolute atomic E-state index is 6.23. The molecule has 1 N–H and O–H groups in total. The summed E-state index contributed by atoms with van der Waals surface area (Å²) in [6, 6.07) is 17.2. The predicted octanol–water partition coefficient (Wildman–Crippen LogP) is 7.91. The Kier molecular flexibility index (Phi) is 6.93. The van der Waals surface area contributed by atoms with Gasteiger partial charge in [0.2, 0.25) is 0 Å². The molecule has 3 rings (SSSR count). The van der Waals surface area contributed by atoms with Crippen LogP contribution in [0.4, 0.5) is 5.69 Å². The highest BCUT2D eigenvalue weighted by atomic mass is 79.9. The van der Waals surface area contributed by atoms with E-state index in [2.05, 4.69) is 21.2 Å². The van der Waals surface area contributed by atoms with Crippen LogP contribution >= 0.6 is 50.7 Å². The average molecular weight is 486 g/mol. The minimum Gasteiger partial charge on any atom is -0.488 e. The standard InChI is InChI=1S/C21H17BrCl3NO/c1-13-5-7-16(10-20(13)25)26-11-14-9-15(22)6-8-21(14)27-12-17-18(23)3-2-4-19(17)24/h2-10,26H,11-12H2,1H3. The minimum absolute atomic E-state index is 0.295. The lowest BCUT2D eigenvalue weighted by Gasteiger charge is -2.15. The molecule has 0 aromatic heterocycles. The van der Waals surface area contributed by atoms with Crippen LogP contribution in [0.25, 0.3) is 0 Å². The van der Waals surface area contributed by atoms with E-state index in [9.17, 15) is 0 Å². The second kappa shape index (κ2) is 9.20. The van der Waals surface area contributed by atoms with Crippen molar-refractivity contribution in [3.05, 3.63) is 90.8 Å². The first-order valence-electron chi connectivity index (χ1n) is 8.28. The molecule has 0 amide bonds. The van der Waals surface area contributed by atoms with Crippen molar-refractivity contribution < 1.29 is 4.74 Å². The van der Waals surface area contributed by atoms with Gasteiger partial charge in [0.05, 0.1) is 0 Å². The minimum atomic E-state index is 0.295. The van der Waals surface area contributed by atoms with Crippen LogP contribution in [0.15, 0.2) is 59.1 Å². The van der Waals surface area contributed by atoms with Gasteiger partial charge in [0.15, 0.2) is 0 Å². The largest absolute Gasteiger partial charge is 0.488 e. The van der Waals surface area contributed by atoms with Crippen LogP contribution in [0, 0.1) is 6.92 Å². The van der Waals surface area contributed by atoms with Crippen molar-refractivity contribution in [2.75, 3.05) is 5.32 Å². The van der Waals surface area contributed by atoms with E-state index in [1.165, 1.54) is 0 Å².